The molecule has 0 aliphatic carbocycles. The minimum Gasteiger partial charge on any atom is -0.282 e. The number of nitrogens with zero attached hydrogens (tertiary/aromatic N) is 3. The lowest BCUT2D eigenvalue weighted by Crippen LogP contribution is -2.20. The van der Waals surface area contributed by atoms with Crippen molar-refractivity contribution in [1.29, 1.82) is 0 Å². The molecule has 6 nitrogen and oxygen atoms in total. The van der Waals surface area contributed by atoms with E-state index in [9.17, 15) is 4.79 Å². The second-order valence-electron chi connectivity index (χ2n) is 3.79. The molecule has 92 valence electrons. The van der Waals surface area contributed by atoms with Crippen LogP contribution >= 0.6 is 0 Å². The monoisotopic (exact) mass is 243 g/mol. The van der Waals surface area contributed by atoms with Crippen LogP contribution in [0.2, 0.25) is 0 Å². The quantitative estimate of drug-likeness (QED) is 0.629. The maximum Gasteiger partial charge on any atom is 0.291 e. The van der Waals surface area contributed by atoms with Gasteiger partial charge in [0.2, 0.25) is 0 Å². The molecule has 0 aliphatic rings. The van der Waals surface area contributed by atoms with Gasteiger partial charge in [-0.15, -0.1) is 0 Å². The van der Waals surface area contributed by atoms with Gasteiger partial charge in [0.15, 0.2) is 5.69 Å². The lowest BCUT2D eigenvalue weighted by atomic mass is 10.3. The van der Waals surface area contributed by atoms with Crippen LogP contribution in [-0.2, 0) is 0 Å². The van der Waals surface area contributed by atoms with Crippen LogP contribution in [0.4, 0.5) is 0 Å². The molecule has 6 heteroatoms. The van der Waals surface area contributed by atoms with E-state index >= 15 is 0 Å². The Labute approximate surface area is 104 Å². The van der Waals surface area contributed by atoms with Crippen LogP contribution in [0.1, 0.15) is 28.8 Å². The number of aromatic amines is 1. The minimum atomic E-state index is -0.352. The summed E-state index contributed by atoms with van der Waals surface area (Å²) in [6, 6.07) is 7.16. The number of hydrazone groups is 1. The van der Waals surface area contributed by atoms with Crippen LogP contribution in [0, 0.1) is 6.92 Å². The van der Waals surface area contributed by atoms with Crippen molar-refractivity contribution < 1.29 is 4.79 Å². The van der Waals surface area contributed by atoms with E-state index in [1.165, 1.54) is 0 Å². The predicted molar refractivity (Wildman–Crippen MR) is 67.2 cm³/mol. The Morgan fingerprint density at radius 3 is 2.83 bits per heavy atom. The number of nitrogens with one attached hydrogen (secondary N) is 2. The van der Waals surface area contributed by atoms with Gasteiger partial charge in [-0.25, -0.2) is 5.43 Å². The Morgan fingerprint density at radius 1 is 1.39 bits per heavy atom. The van der Waals surface area contributed by atoms with Crippen LogP contribution in [0.3, 0.4) is 0 Å². The number of carbonyl (C=O) groups excluding carboxylic acids is 1. The van der Waals surface area contributed by atoms with Crippen LogP contribution in [0.25, 0.3) is 0 Å². The van der Waals surface area contributed by atoms with Crippen molar-refractivity contribution in [3.05, 3.63) is 47.5 Å². The molecule has 0 unspecified atom stereocenters. The van der Waals surface area contributed by atoms with E-state index in [4.69, 9.17) is 0 Å². The number of carbonyl (C=O) groups is 1. The number of amides is 1. The first-order valence-electron chi connectivity index (χ1n) is 5.45. The third-order valence-electron chi connectivity index (χ3n) is 2.30. The Hall–Kier alpha value is -2.50. The van der Waals surface area contributed by atoms with Crippen molar-refractivity contribution in [1.82, 2.24) is 20.6 Å². The lowest BCUT2D eigenvalue weighted by molar-refractivity contribution is 0.0950. The second kappa shape index (κ2) is 5.22. The van der Waals surface area contributed by atoms with Crippen LogP contribution in [0.5, 0.6) is 0 Å². The molecule has 2 aromatic rings. The zero-order chi connectivity index (χ0) is 13.0. The number of hydrogen-bond donors (Lipinski definition) is 2. The SMILES string of the molecule is CC(=NNC(=O)c1cc(C)[nH]n1)c1ccccn1. The second-order valence-corrected chi connectivity index (χ2v) is 3.79. The molecule has 0 saturated carbocycles. The Morgan fingerprint density at radius 2 is 2.22 bits per heavy atom. The molecule has 0 atom stereocenters. The average Bonchev–Trinajstić information content (AvgIpc) is 2.83. The molecule has 18 heavy (non-hydrogen) atoms. The molecule has 0 aliphatic heterocycles. The van der Waals surface area contributed by atoms with Crippen LogP contribution < -0.4 is 5.43 Å². The first kappa shape index (κ1) is 12.0. The van der Waals surface area contributed by atoms with E-state index < -0.39 is 0 Å². The molecular weight excluding hydrogens is 230 g/mol. The molecule has 0 spiro atoms. The van der Waals surface area contributed by atoms with Crippen LogP contribution in [-0.4, -0.2) is 26.8 Å². The summed E-state index contributed by atoms with van der Waals surface area (Å²) in [5, 5.41) is 10.5. The van der Waals surface area contributed by atoms with E-state index in [-0.39, 0.29) is 5.91 Å². The Balaban J connectivity index is 2.05. The standard InChI is InChI=1S/C12H13N5O/c1-8-7-11(16-14-8)12(18)17-15-9(2)10-5-3-4-6-13-10/h3-7H,1-2H3,(H,14,16)(H,17,18). The summed E-state index contributed by atoms with van der Waals surface area (Å²) in [5.74, 6) is -0.352. The summed E-state index contributed by atoms with van der Waals surface area (Å²) in [7, 11) is 0. The molecule has 0 radical (unpaired) electrons. The van der Waals surface area contributed by atoms with Gasteiger partial charge >= 0.3 is 0 Å². The van der Waals surface area contributed by atoms with Gasteiger partial charge in [-0.1, -0.05) is 6.07 Å². The molecule has 2 heterocycles. The summed E-state index contributed by atoms with van der Waals surface area (Å²) in [4.78, 5) is 15.8. The predicted octanol–water partition coefficient (Wildman–Crippen LogP) is 1.27. The molecule has 0 saturated heterocycles. The number of hydrogen-bond acceptors (Lipinski definition) is 4. The summed E-state index contributed by atoms with van der Waals surface area (Å²) in [6.45, 7) is 3.60. The number of aryl methyl sites for hydroxylation is 1. The topological polar surface area (TPSA) is 83.0 Å². The largest absolute Gasteiger partial charge is 0.291 e. The number of pyridine rings is 1. The van der Waals surface area contributed by atoms with Crippen molar-refractivity contribution in [2.45, 2.75) is 13.8 Å². The molecule has 2 aromatic heterocycles. The van der Waals surface area contributed by atoms with Gasteiger partial charge in [-0.2, -0.15) is 10.2 Å². The van der Waals surface area contributed by atoms with Gasteiger partial charge in [-0.05, 0) is 32.0 Å². The lowest BCUT2D eigenvalue weighted by Gasteiger charge is -2.00. The number of H-pyrrole nitrogens is 1. The molecule has 0 aromatic carbocycles. The maximum absolute atomic E-state index is 11.7. The van der Waals surface area contributed by atoms with Gasteiger partial charge in [0.25, 0.3) is 5.91 Å². The van der Waals surface area contributed by atoms with Crippen molar-refractivity contribution >= 4 is 11.6 Å². The van der Waals surface area contributed by atoms with Crippen molar-refractivity contribution in [2.75, 3.05) is 0 Å². The fourth-order valence-corrected chi connectivity index (χ4v) is 1.36. The van der Waals surface area contributed by atoms with E-state index in [0.717, 1.165) is 11.4 Å². The molecule has 2 N–H and O–H groups in total. The highest BCUT2D eigenvalue weighted by atomic mass is 16.2. The Bertz CT molecular complexity index is 573. The van der Waals surface area contributed by atoms with Gasteiger partial charge in [0, 0.05) is 11.9 Å². The fourth-order valence-electron chi connectivity index (χ4n) is 1.36. The van der Waals surface area contributed by atoms with Gasteiger partial charge in [-0.3, -0.25) is 14.9 Å². The molecule has 2 rings (SSSR count). The summed E-state index contributed by atoms with van der Waals surface area (Å²) in [5.41, 5.74) is 4.93. The van der Waals surface area contributed by atoms with E-state index in [1.54, 1.807) is 19.2 Å². The first-order chi connectivity index (χ1) is 8.66. The minimum absolute atomic E-state index is 0.310. The van der Waals surface area contributed by atoms with E-state index in [0.29, 0.717) is 11.4 Å². The molecule has 0 fully saturated rings. The highest BCUT2D eigenvalue weighted by Crippen LogP contribution is 1.98. The molecule has 1 amide bonds. The maximum atomic E-state index is 11.7. The van der Waals surface area contributed by atoms with Crippen molar-refractivity contribution in [2.24, 2.45) is 5.10 Å². The van der Waals surface area contributed by atoms with Gasteiger partial charge < -0.3 is 0 Å². The van der Waals surface area contributed by atoms with Crippen molar-refractivity contribution in [3.8, 4) is 0 Å². The van der Waals surface area contributed by atoms with Gasteiger partial charge in [0.05, 0.1) is 11.4 Å². The third-order valence-corrected chi connectivity index (χ3v) is 2.30. The van der Waals surface area contributed by atoms with Gasteiger partial charge in [0.1, 0.15) is 0 Å². The normalized spacial score (nSPS) is 11.3. The fraction of sp³-hybridized carbons (Fsp3) is 0.167. The van der Waals surface area contributed by atoms with Crippen molar-refractivity contribution in [3.63, 3.8) is 0 Å². The first-order valence-corrected chi connectivity index (χ1v) is 5.45. The summed E-state index contributed by atoms with van der Waals surface area (Å²) >= 11 is 0. The number of rotatable bonds is 3. The third kappa shape index (κ3) is 2.79. The van der Waals surface area contributed by atoms with E-state index in [2.05, 4.69) is 25.7 Å². The average molecular weight is 243 g/mol. The Kier molecular flexibility index (Phi) is 3.47. The summed E-state index contributed by atoms with van der Waals surface area (Å²) < 4.78 is 0. The zero-order valence-corrected chi connectivity index (χ0v) is 10.1. The molecular formula is C12H13N5O. The van der Waals surface area contributed by atoms with E-state index in [1.807, 2.05) is 25.1 Å². The van der Waals surface area contributed by atoms with Crippen LogP contribution in [0.15, 0.2) is 35.6 Å². The molecule has 0 bridgehead atoms. The smallest absolute Gasteiger partial charge is 0.282 e. The highest BCUT2D eigenvalue weighted by Gasteiger charge is 2.08. The number of aromatic nitrogens is 3. The summed E-state index contributed by atoms with van der Waals surface area (Å²) in [6.07, 6.45) is 1.67. The highest BCUT2D eigenvalue weighted by molar-refractivity contribution is 5.99. The zero-order valence-electron chi connectivity index (χ0n) is 10.1.